The Morgan fingerprint density at radius 2 is 1.05 bits per heavy atom. The third-order valence-corrected chi connectivity index (χ3v) is 7.58. The van der Waals surface area contributed by atoms with E-state index in [0.29, 0.717) is 11.4 Å². The van der Waals surface area contributed by atoms with Gasteiger partial charge in [-0.3, -0.25) is 0 Å². The third-order valence-electron chi connectivity index (χ3n) is 6.42. The van der Waals surface area contributed by atoms with E-state index < -0.39 is 23.7 Å². The Morgan fingerprint density at radius 1 is 0.641 bits per heavy atom. The van der Waals surface area contributed by atoms with Gasteiger partial charge in [-0.2, -0.15) is 48.3 Å². The lowest BCUT2D eigenvalue weighted by Gasteiger charge is -2.11. The van der Waals surface area contributed by atoms with E-state index in [-0.39, 0.29) is 0 Å². The van der Waals surface area contributed by atoms with Crippen molar-refractivity contribution in [1.82, 2.24) is 19.6 Å². The van der Waals surface area contributed by atoms with Gasteiger partial charge in [0, 0.05) is 12.4 Å². The van der Waals surface area contributed by atoms with E-state index in [1.807, 2.05) is 49.9 Å². The molecule has 0 aliphatic carbocycles. The minimum atomic E-state index is -4.47. The van der Waals surface area contributed by atoms with E-state index in [1.54, 1.807) is 12.1 Å². The summed E-state index contributed by atoms with van der Waals surface area (Å²) in [5.41, 5.74) is 3.69. The van der Waals surface area contributed by atoms with Crippen LogP contribution < -0.4 is 0 Å². The average molecular weight is 567 g/mol. The van der Waals surface area contributed by atoms with Crippen LogP contribution in [0.15, 0.2) is 60.9 Å². The van der Waals surface area contributed by atoms with Crippen molar-refractivity contribution in [3.8, 4) is 11.4 Å². The predicted molar refractivity (Wildman–Crippen MR) is 141 cm³/mol. The van der Waals surface area contributed by atoms with E-state index in [2.05, 4.69) is 10.2 Å². The van der Waals surface area contributed by atoms with Crippen LogP contribution in [0.3, 0.4) is 0 Å². The zero-order chi connectivity index (χ0) is 28.2. The first-order valence-electron chi connectivity index (χ1n) is 12.4. The van der Waals surface area contributed by atoms with Crippen LogP contribution in [0.2, 0.25) is 0 Å². The SMILES string of the molecule is Cc1ccc(-n2ccc(C(F)(F)F)n2)cc1CCCSCCCc1cc(-n2ccc(C(F)(F)F)n2)ccc1C. The molecule has 39 heavy (non-hydrogen) atoms. The summed E-state index contributed by atoms with van der Waals surface area (Å²) in [7, 11) is 0. The normalized spacial score (nSPS) is 12.3. The van der Waals surface area contributed by atoms with Gasteiger partial charge < -0.3 is 0 Å². The highest BCUT2D eigenvalue weighted by Crippen LogP contribution is 2.29. The Labute approximate surface area is 227 Å². The number of aromatic nitrogens is 4. The van der Waals surface area contributed by atoms with Gasteiger partial charge in [-0.15, -0.1) is 0 Å². The zero-order valence-corrected chi connectivity index (χ0v) is 22.3. The molecule has 0 unspecified atom stereocenters. The Balaban J connectivity index is 1.24. The van der Waals surface area contributed by atoms with E-state index >= 15 is 0 Å². The lowest BCUT2D eigenvalue weighted by Crippen LogP contribution is -2.07. The number of aryl methyl sites for hydroxylation is 4. The fourth-order valence-corrected chi connectivity index (χ4v) is 5.11. The summed E-state index contributed by atoms with van der Waals surface area (Å²) in [6.45, 7) is 3.97. The van der Waals surface area contributed by atoms with Crippen molar-refractivity contribution in [2.45, 2.75) is 51.9 Å². The summed E-state index contributed by atoms with van der Waals surface area (Å²) in [6.07, 6.45) is -2.83. The first-order chi connectivity index (χ1) is 18.4. The van der Waals surface area contributed by atoms with Gasteiger partial charge in [0.1, 0.15) is 0 Å². The minimum Gasteiger partial charge on any atom is -0.240 e. The second-order valence-electron chi connectivity index (χ2n) is 9.33. The van der Waals surface area contributed by atoms with E-state index in [9.17, 15) is 26.3 Å². The number of nitrogens with zero attached hydrogens (tertiary/aromatic N) is 4. The molecule has 0 N–H and O–H groups in total. The molecular formula is C28H28F6N4S. The van der Waals surface area contributed by atoms with Crippen molar-refractivity contribution in [3.63, 3.8) is 0 Å². The van der Waals surface area contributed by atoms with Gasteiger partial charge in [-0.1, -0.05) is 12.1 Å². The van der Waals surface area contributed by atoms with Crippen molar-refractivity contribution in [2.75, 3.05) is 11.5 Å². The summed E-state index contributed by atoms with van der Waals surface area (Å²) in [4.78, 5) is 0. The smallest absolute Gasteiger partial charge is 0.240 e. The van der Waals surface area contributed by atoms with Gasteiger partial charge in [0.2, 0.25) is 0 Å². The Kier molecular flexibility index (Phi) is 8.78. The molecule has 2 aromatic heterocycles. The van der Waals surface area contributed by atoms with E-state index in [1.165, 1.54) is 21.8 Å². The van der Waals surface area contributed by atoms with Crippen molar-refractivity contribution in [3.05, 3.63) is 94.6 Å². The molecule has 0 fully saturated rings. The lowest BCUT2D eigenvalue weighted by molar-refractivity contribution is -0.142. The number of benzene rings is 2. The van der Waals surface area contributed by atoms with Gasteiger partial charge >= 0.3 is 12.4 Å². The second kappa shape index (κ2) is 11.9. The van der Waals surface area contributed by atoms with Crippen LogP contribution in [-0.4, -0.2) is 31.1 Å². The van der Waals surface area contributed by atoms with Gasteiger partial charge in [0.25, 0.3) is 0 Å². The number of thioether (sulfide) groups is 1. The maximum Gasteiger partial charge on any atom is 0.435 e. The molecule has 2 aromatic carbocycles. The molecule has 11 heteroatoms. The minimum absolute atomic E-state index is 0.598. The van der Waals surface area contributed by atoms with Crippen molar-refractivity contribution < 1.29 is 26.3 Å². The van der Waals surface area contributed by atoms with Gasteiger partial charge in [-0.05, 0) is 110 Å². The summed E-state index contributed by atoms with van der Waals surface area (Å²) >= 11 is 1.83. The highest BCUT2D eigenvalue weighted by Gasteiger charge is 2.34. The summed E-state index contributed by atoms with van der Waals surface area (Å²) in [5.74, 6) is 1.88. The molecule has 4 nitrogen and oxygen atoms in total. The van der Waals surface area contributed by atoms with Crippen LogP contribution >= 0.6 is 11.8 Å². The number of hydrogen-bond donors (Lipinski definition) is 0. The highest BCUT2D eigenvalue weighted by atomic mass is 32.2. The first kappa shape index (κ1) is 28.8. The fourth-order valence-electron chi connectivity index (χ4n) is 4.21. The molecule has 0 aliphatic heterocycles. The van der Waals surface area contributed by atoms with E-state index in [4.69, 9.17) is 0 Å². The molecule has 0 saturated heterocycles. The number of alkyl halides is 6. The van der Waals surface area contributed by atoms with Crippen LogP contribution in [0.5, 0.6) is 0 Å². The van der Waals surface area contributed by atoms with Gasteiger partial charge in [0.15, 0.2) is 11.4 Å². The van der Waals surface area contributed by atoms with Gasteiger partial charge in [-0.25, -0.2) is 9.36 Å². The quantitative estimate of drug-likeness (QED) is 0.144. The van der Waals surface area contributed by atoms with E-state index in [0.717, 1.165) is 71.6 Å². The third kappa shape index (κ3) is 7.46. The summed E-state index contributed by atoms with van der Waals surface area (Å²) in [5, 5.41) is 7.31. The predicted octanol–water partition coefficient (Wildman–Crippen LogP) is 8.01. The lowest BCUT2D eigenvalue weighted by atomic mass is 10.0. The molecule has 0 radical (unpaired) electrons. The molecule has 0 saturated carbocycles. The maximum absolute atomic E-state index is 12.9. The first-order valence-corrected chi connectivity index (χ1v) is 13.6. The second-order valence-corrected chi connectivity index (χ2v) is 10.6. The average Bonchev–Trinajstić information content (AvgIpc) is 3.56. The molecule has 0 bridgehead atoms. The summed E-state index contributed by atoms with van der Waals surface area (Å²) < 4.78 is 79.8. The van der Waals surface area contributed by atoms with Crippen molar-refractivity contribution >= 4 is 11.8 Å². The standard InChI is InChI=1S/C28H28F6N4S/c1-19-7-9-23(37-13-11-25(35-37)27(29,30)31)17-21(19)5-3-15-39-16-4-6-22-18-24(10-8-20(22)2)38-14-12-26(36-38)28(32,33)34/h7-14,17-18H,3-6,15-16H2,1-2H3. The van der Waals surface area contributed by atoms with Crippen LogP contribution in [0, 0.1) is 13.8 Å². The molecule has 208 valence electrons. The van der Waals surface area contributed by atoms with Crippen LogP contribution in [0.25, 0.3) is 11.4 Å². The molecule has 2 heterocycles. The van der Waals surface area contributed by atoms with Crippen LogP contribution in [0.1, 0.15) is 46.5 Å². The molecule has 0 spiro atoms. The molecule has 4 aromatic rings. The van der Waals surface area contributed by atoms with Crippen molar-refractivity contribution in [1.29, 1.82) is 0 Å². The molecule has 0 amide bonds. The molecule has 0 atom stereocenters. The monoisotopic (exact) mass is 566 g/mol. The number of halogens is 6. The van der Waals surface area contributed by atoms with Crippen molar-refractivity contribution in [2.24, 2.45) is 0 Å². The maximum atomic E-state index is 12.9. The van der Waals surface area contributed by atoms with Gasteiger partial charge in [0.05, 0.1) is 11.4 Å². The Bertz CT molecular complexity index is 1300. The molecule has 0 aliphatic rings. The molecule has 4 rings (SSSR count). The fraction of sp³-hybridized carbons (Fsp3) is 0.357. The zero-order valence-electron chi connectivity index (χ0n) is 21.5. The van der Waals surface area contributed by atoms with Crippen LogP contribution in [-0.2, 0) is 25.2 Å². The summed E-state index contributed by atoms with van der Waals surface area (Å²) in [6, 6.07) is 13.0. The Morgan fingerprint density at radius 3 is 1.41 bits per heavy atom. The number of rotatable bonds is 10. The largest absolute Gasteiger partial charge is 0.435 e. The highest BCUT2D eigenvalue weighted by molar-refractivity contribution is 7.99. The Hall–Kier alpha value is -3.21. The topological polar surface area (TPSA) is 35.6 Å². The number of hydrogen-bond acceptors (Lipinski definition) is 3. The van der Waals surface area contributed by atoms with Crippen LogP contribution in [0.4, 0.5) is 26.3 Å². The molecular weight excluding hydrogens is 538 g/mol.